The molecule has 1 N–H and O–H groups in total. The van der Waals surface area contributed by atoms with Crippen molar-refractivity contribution in [3.63, 3.8) is 0 Å². The summed E-state index contributed by atoms with van der Waals surface area (Å²) in [5.41, 5.74) is 0.809. The van der Waals surface area contributed by atoms with Gasteiger partial charge in [0.15, 0.2) is 0 Å². The van der Waals surface area contributed by atoms with Crippen LogP contribution in [0.4, 0.5) is 5.69 Å². The van der Waals surface area contributed by atoms with Crippen molar-refractivity contribution in [2.75, 3.05) is 11.9 Å². The number of carbonyl (C=O) groups is 1. The SMILES string of the molecule is CCOc1ccc(Cl)cc1NC(=O)c1ccc(Cl)cc1Cl. The fourth-order valence-corrected chi connectivity index (χ4v) is 2.41. The Labute approximate surface area is 137 Å². The first-order valence-electron chi connectivity index (χ1n) is 6.20. The molecular weight excluding hydrogens is 333 g/mol. The van der Waals surface area contributed by atoms with Crippen LogP contribution in [0.1, 0.15) is 17.3 Å². The number of anilines is 1. The largest absolute Gasteiger partial charge is 0.492 e. The summed E-state index contributed by atoms with van der Waals surface area (Å²) in [6.45, 7) is 2.34. The number of rotatable bonds is 4. The average molecular weight is 345 g/mol. The average Bonchev–Trinajstić information content (AvgIpc) is 2.41. The lowest BCUT2D eigenvalue weighted by Crippen LogP contribution is -2.13. The van der Waals surface area contributed by atoms with Crippen molar-refractivity contribution in [3.8, 4) is 5.75 Å². The van der Waals surface area contributed by atoms with Crippen LogP contribution in [0.5, 0.6) is 5.75 Å². The molecule has 21 heavy (non-hydrogen) atoms. The third kappa shape index (κ3) is 4.03. The van der Waals surface area contributed by atoms with E-state index in [0.717, 1.165) is 0 Å². The molecule has 0 unspecified atom stereocenters. The Morgan fingerprint density at radius 2 is 1.76 bits per heavy atom. The van der Waals surface area contributed by atoms with Gasteiger partial charge in [-0.15, -0.1) is 0 Å². The van der Waals surface area contributed by atoms with Crippen LogP contribution >= 0.6 is 34.8 Å². The monoisotopic (exact) mass is 343 g/mol. The van der Waals surface area contributed by atoms with Crippen molar-refractivity contribution in [2.45, 2.75) is 6.92 Å². The molecule has 2 aromatic rings. The van der Waals surface area contributed by atoms with Crippen molar-refractivity contribution in [2.24, 2.45) is 0 Å². The molecule has 2 aromatic carbocycles. The number of hydrogen-bond acceptors (Lipinski definition) is 2. The maximum Gasteiger partial charge on any atom is 0.257 e. The third-order valence-corrected chi connectivity index (χ3v) is 3.45. The van der Waals surface area contributed by atoms with Gasteiger partial charge in [-0.3, -0.25) is 4.79 Å². The molecule has 0 fully saturated rings. The van der Waals surface area contributed by atoms with Crippen molar-refractivity contribution in [1.29, 1.82) is 0 Å². The fourth-order valence-electron chi connectivity index (χ4n) is 1.74. The van der Waals surface area contributed by atoms with E-state index in [4.69, 9.17) is 39.5 Å². The molecular formula is C15H12Cl3NO2. The third-order valence-electron chi connectivity index (χ3n) is 2.67. The Morgan fingerprint density at radius 1 is 1.10 bits per heavy atom. The molecule has 0 saturated heterocycles. The number of carbonyl (C=O) groups excluding carboxylic acids is 1. The summed E-state index contributed by atoms with van der Waals surface area (Å²) >= 11 is 17.8. The first-order chi connectivity index (χ1) is 10.0. The predicted molar refractivity (Wildman–Crippen MR) is 87.0 cm³/mol. The minimum absolute atomic E-state index is 0.278. The molecule has 1 amide bonds. The Bertz CT molecular complexity index is 674. The highest BCUT2D eigenvalue weighted by atomic mass is 35.5. The first-order valence-corrected chi connectivity index (χ1v) is 7.33. The highest BCUT2D eigenvalue weighted by molar-refractivity contribution is 6.37. The van der Waals surface area contributed by atoms with Crippen LogP contribution in [0, 0.1) is 0 Å². The maximum absolute atomic E-state index is 12.3. The molecule has 2 rings (SSSR count). The molecule has 0 aromatic heterocycles. The summed E-state index contributed by atoms with van der Waals surface area (Å²) in [7, 11) is 0. The van der Waals surface area contributed by atoms with Gasteiger partial charge >= 0.3 is 0 Å². The number of halogens is 3. The Kier molecular flexibility index (Phi) is 5.34. The van der Waals surface area contributed by atoms with E-state index in [0.29, 0.717) is 33.7 Å². The van der Waals surface area contributed by atoms with Gasteiger partial charge in [0.1, 0.15) is 5.75 Å². The summed E-state index contributed by atoms with van der Waals surface area (Å²) < 4.78 is 5.45. The number of amides is 1. The van der Waals surface area contributed by atoms with E-state index in [1.165, 1.54) is 6.07 Å². The van der Waals surface area contributed by atoms with E-state index in [9.17, 15) is 4.79 Å². The van der Waals surface area contributed by atoms with Gasteiger partial charge in [-0.05, 0) is 43.3 Å². The van der Waals surface area contributed by atoms with E-state index in [1.807, 2.05) is 6.92 Å². The molecule has 0 bridgehead atoms. The molecule has 0 aliphatic rings. The zero-order chi connectivity index (χ0) is 15.4. The molecule has 0 radical (unpaired) electrons. The van der Waals surface area contributed by atoms with Crippen molar-refractivity contribution in [1.82, 2.24) is 0 Å². The van der Waals surface area contributed by atoms with E-state index in [-0.39, 0.29) is 10.9 Å². The Hall–Kier alpha value is -1.42. The molecule has 6 heteroatoms. The highest BCUT2D eigenvalue weighted by Gasteiger charge is 2.14. The quantitative estimate of drug-likeness (QED) is 0.817. The molecule has 0 atom stereocenters. The second kappa shape index (κ2) is 7.03. The zero-order valence-electron chi connectivity index (χ0n) is 11.1. The lowest BCUT2D eigenvalue weighted by molar-refractivity contribution is 0.102. The normalized spacial score (nSPS) is 10.3. The van der Waals surface area contributed by atoms with Gasteiger partial charge in [0.25, 0.3) is 5.91 Å². The van der Waals surface area contributed by atoms with Crippen LogP contribution in [0.3, 0.4) is 0 Å². The summed E-state index contributed by atoms with van der Waals surface area (Å²) in [6, 6.07) is 9.69. The minimum Gasteiger partial charge on any atom is -0.492 e. The van der Waals surface area contributed by atoms with Gasteiger partial charge in [0, 0.05) is 10.0 Å². The second-order valence-electron chi connectivity index (χ2n) is 4.15. The van der Waals surface area contributed by atoms with Crippen LogP contribution in [-0.4, -0.2) is 12.5 Å². The fraction of sp³-hybridized carbons (Fsp3) is 0.133. The molecule has 0 aliphatic heterocycles. The lowest BCUT2D eigenvalue weighted by Gasteiger charge is -2.12. The standard InChI is InChI=1S/C15H12Cl3NO2/c1-2-21-14-6-4-10(17)8-13(14)19-15(20)11-5-3-9(16)7-12(11)18/h3-8H,2H2,1H3,(H,19,20). The van der Waals surface area contributed by atoms with Crippen LogP contribution in [0.25, 0.3) is 0 Å². The van der Waals surface area contributed by atoms with Gasteiger partial charge in [0.2, 0.25) is 0 Å². The van der Waals surface area contributed by atoms with Gasteiger partial charge in [0.05, 0.1) is 22.9 Å². The van der Waals surface area contributed by atoms with Crippen LogP contribution in [-0.2, 0) is 0 Å². The molecule has 0 saturated carbocycles. The summed E-state index contributed by atoms with van der Waals surface area (Å²) in [5, 5.41) is 3.98. The van der Waals surface area contributed by atoms with E-state index in [2.05, 4.69) is 5.32 Å². The molecule has 0 aliphatic carbocycles. The van der Waals surface area contributed by atoms with Gasteiger partial charge < -0.3 is 10.1 Å². The van der Waals surface area contributed by atoms with E-state index < -0.39 is 0 Å². The van der Waals surface area contributed by atoms with E-state index >= 15 is 0 Å². The highest BCUT2D eigenvalue weighted by Crippen LogP contribution is 2.29. The van der Waals surface area contributed by atoms with Gasteiger partial charge in [-0.2, -0.15) is 0 Å². The number of benzene rings is 2. The Morgan fingerprint density at radius 3 is 2.43 bits per heavy atom. The minimum atomic E-state index is -0.361. The van der Waals surface area contributed by atoms with Crippen molar-refractivity contribution < 1.29 is 9.53 Å². The van der Waals surface area contributed by atoms with Crippen molar-refractivity contribution in [3.05, 3.63) is 57.0 Å². The lowest BCUT2D eigenvalue weighted by atomic mass is 10.2. The first kappa shape index (κ1) is 16.0. The van der Waals surface area contributed by atoms with Crippen LogP contribution < -0.4 is 10.1 Å². The number of nitrogens with one attached hydrogen (secondary N) is 1. The van der Waals surface area contributed by atoms with Gasteiger partial charge in [-0.1, -0.05) is 34.8 Å². The molecule has 110 valence electrons. The van der Waals surface area contributed by atoms with Gasteiger partial charge in [-0.25, -0.2) is 0 Å². The maximum atomic E-state index is 12.3. The second-order valence-corrected chi connectivity index (χ2v) is 5.43. The molecule has 0 heterocycles. The summed E-state index contributed by atoms with van der Waals surface area (Å²) in [4.78, 5) is 12.3. The smallest absolute Gasteiger partial charge is 0.257 e. The topological polar surface area (TPSA) is 38.3 Å². The Balaban J connectivity index is 2.28. The summed E-state index contributed by atoms with van der Waals surface area (Å²) in [5.74, 6) is 0.181. The zero-order valence-corrected chi connectivity index (χ0v) is 13.4. The predicted octanol–water partition coefficient (Wildman–Crippen LogP) is 5.30. The number of hydrogen-bond donors (Lipinski definition) is 1. The van der Waals surface area contributed by atoms with Crippen LogP contribution in [0.2, 0.25) is 15.1 Å². The van der Waals surface area contributed by atoms with E-state index in [1.54, 1.807) is 30.3 Å². The van der Waals surface area contributed by atoms with Crippen LogP contribution in [0.15, 0.2) is 36.4 Å². The molecule has 0 spiro atoms. The number of ether oxygens (including phenoxy) is 1. The summed E-state index contributed by atoms with van der Waals surface area (Å²) in [6.07, 6.45) is 0. The van der Waals surface area contributed by atoms with Crippen molar-refractivity contribution >= 4 is 46.4 Å². The molecule has 3 nitrogen and oxygen atoms in total.